The van der Waals surface area contributed by atoms with Crippen molar-refractivity contribution in [3.8, 4) is 0 Å². The number of hydrogen-bond acceptors (Lipinski definition) is 3. The van der Waals surface area contributed by atoms with E-state index in [1.54, 1.807) is 17.0 Å². The van der Waals surface area contributed by atoms with Gasteiger partial charge in [-0.25, -0.2) is 9.18 Å². The van der Waals surface area contributed by atoms with Crippen LogP contribution in [0.5, 0.6) is 0 Å². The molecule has 1 amide bonds. The van der Waals surface area contributed by atoms with Gasteiger partial charge in [-0.15, -0.1) is 12.4 Å². The van der Waals surface area contributed by atoms with Crippen molar-refractivity contribution < 1.29 is 13.9 Å². The highest BCUT2D eigenvalue weighted by Crippen LogP contribution is 2.37. The zero-order valence-electron chi connectivity index (χ0n) is 15.3. The summed E-state index contributed by atoms with van der Waals surface area (Å²) in [5.74, 6) is -0.281. The minimum atomic E-state index is -0.310. The van der Waals surface area contributed by atoms with Crippen LogP contribution in [0.2, 0.25) is 0 Å². The lowest BCUT2D eigenvalue weighted by Crippen LogP contribution is -2.43. The molecule has 2 aromatic rings. The molecule has 1 aliphatic carbocycles. The second-order valence-electron chi connectivity index (χ2n) is 7.18. The van der Waals surface area contributed by atoms with Crippen LogP contribution in [0.3, 0.4) is 0 Å². The van der Waals surface area contributed by atoms with Crippen molar-refractivity contribution in [1.82, 2.24) is 10.2 Å². The number of carbonyl (C=O) groups is 1. The monoisotopic (exact) mass is 390 g/mol. The smallest absolute Gasteiger partial charge is 0.410 e. The highest BCUT2D eigenvalue weighted by molar-refractivity contribution is 5.85. The van der Waals surface area contributed by atoms with Crippen LogP contribution in [-0.4, -0.2) is 36.7 Å². The lowest BCUT2D eigenvalue weighted by Gasteiger charge is -2.37. The van der Waals surface area contributed by atoms with Gasteiger partial charge >= 0.3 is 6.09 Å². The van der Waals surface area contributed by atoms with Gasteiger partial charge in [0.05, 0.1) is 11.6 Å². The molecule has 4 rings (SSSR count). The Bertz CT molecular complexity index is 808. The number of nitrogens with one attached hydrogen (secondary N) is 1. The molecule has 0 radical (unpaired) electrons. The number of likely N-dealkylation sites (N-methyl/N-ethyl adjacent to an activating group) is 1. The number of carbonyl (C=O) groups excluding carboxylic acids is 1. The van der Waals surface area contributed by atoms with Crippen LogP contribution in [0.4, 0.5) is 9.18 Å². The average molecular weight is 391 g/mol. The van der Waals surface area contributed by atoms with E-state index in [0.717, 1.165) is 30.4 Å². The van der Waals surface area contributed by atoms with E-state index < -0.39 is 0 Å². The fourth-order valence-electron chi connectivity index (χ4n) is 3.67. The molecule has 6 heteroatoms. The van der Waals surface area contributed by atoms with Crippen molar-refractivity contribution in [3.05, 3.63) is 71.0 Å². The van der Waals surface area contributed by atoms with Crippen molar-refractivity contribution >= 4 is 18.5 Å². The first-order valence-electron chi connectivity index (χ1n) is 9.07. The number of amides is 1. The molecule has 0 unspecified atom stereocenters. The lowest BCUT2D eigenvalue weighted by molar-refractivity contribution is 0.0790. The average Bonchev–Trinajstić information content (AvgIpc) is 3.46. The summed E-state index contributed by atoms with van der Waals surface area (Å²) in [7, 11) is 1.90. The van der Waals surface area contributed by atoms with E-state index in [2.05, 4.69) is 11.4 Å². The Hall–Kier alpha value is -2.11. The molecule has 144 valence electrons. The molecule has 1 atom stereocenters. The molecule has 0 spiro atoms. The summed E-state index contributed by atoms with van der Waals surface area (Å²) in [6, 6.07) is 14.2. The lowest BCUT2D eigenvalue weighted by atomic mass is 9.88. The maximum Gasteiger partial charge on any atom is 0.410 e. The van der Waals surface area contributed by atoms with Crippen LogP contribution in [-0.2, 0) is 11.2 Å². The first kappa shape index (κ1) is 19.6. The Morgan fingerprint density at radius 1 is 1.22 bits per heavy atom. The van der Waals surface area contributed by atoms with Crippen LogP contribution >= 0.6 is 12.4 Å². The highest BCUT2D eigenvalue weighted by Gasteiger charge is 2.43. The minimum absolute atomic E-state index is 0. The topological polar surface area (TPSA) is 41.6 Å². The summed E-state index contributed by atoms with van der Waals surface area (Å²) >= 11 is 0. The molecule has 0 aromatic heterocycles. The summed E-state index contributed by atoms with van der Waals surface area (Å²) in [6.07, 6.45) is 2.54. The van der Waals surface area contributed by atoms with Gasteiger partial charge in [0, 0.05) is 6.54 Å². The van der Waals surface area contributed by atoms with Gasteiger partial charge < -0.3 is 10.1 Å². The Kier molecular flexibility index (Phi) is 5.72. The standard InChI is InChI=1S/C21H23FN2O2.ClH/c1-23-21(11-12-21)14-26-20(25)24-13-10-15-4-2-3-5-18(15)19(24)16-6-8-17(22)9-7-16;/h2-9,19,23H,10-14H2,1H3;1H/t19-;/m0./s1. The molecule has 27 heavy (non-hydrogen) atoms. The number of halogens is 2. The summed E-state index contributed by atoms with van der Waals surface area (Å²) in [4.78, 5) is 14.6. The largest absolute Gasteiger partial charge is 0.447 e. The molecule has 1 aliphatic heterocycles. The van der Waals surface area contributed by atoms with Crippen LogP contribution in [0.25, 0.3) is 0 Å². The van der Waals surface area contributed by atoms with E-state index in [-0.39, 0.29) is 35.9 Å². The van der Waals surface area contributed by atoms with Crippen LogP contribution < -0.4 is 5.32 Å². The van der Waals surface area contributed by atoms with Crippen molar-refractivity contribution in [2.45, 2.75) is 30.8 Å². The number of fused-ring (bicyclic) bond motifs is 1. The molecular formula is C21H24ClFN2O2. The van der Waals surface area contributed by atoms with Gasteiger partial charge in [0.25, 0.3) is 0 Å². The number of rotatable bonds is 4. The van der Waals surface area contributed by atoms with E-state index in [1.807, 2.05) is 25.2 Å². The second kappa shape index (κ2) is 7.87. The highest BCUT2D eigenvalue weighted by atomic mass is 35.5. The SMILES string of the molecule is CNC1(COC(=O)N2CCc3ccccc3[C@@H]2c2ccc(F)cc2)CC1.Cl. The van der Waals surface area contributed by atoms with Crippen LogP contribution in [0.1, 0.15) is 35.6 Å². The molecule has 1 fully saturated rings. The predicted molar refractivity (Wildman–Crippen MR) is 105 cm³/mol. The van der Waals surface area contributed by atoms with E-state index in [0.29, 0.717) is 13.2 Å². The molecule has 2 aliphatic rings. The molecule has 1 saturated carbocycles. The number of benzene rings is 2. The van der Waals surface area contributed by atoms with Crippen molar-refractivity contribution in [2.24, 2.45) is 0 Å². The quantitative estimate of drug-likeness (QED) is 0.855. The zero-order chi connectivity index (χ0) is 18.1. The third-order valence-electron chi connectivity index (χ3n) is 5.56. The first-order valence-corrected chi connectivity index (χ1v) is 9.07. The zero-order valence-corrected chi connectivity index (χ0v) is 16.1. The summed E-state index contributed by atoms with van der Waals surface area (Å²) in [5.41, 5.74) is 3.15. The van der Waals surface area contributed by atoms with E-state index >= 15 is 0 Å². The second-order valence-corrected chi connectivity index (χ2v) is 7.18. The summed E-state index contributed by atoms with van der Waals surface area (Å²) in [5, 5.41) is 3.24. The fraction of sp³-hybridized carbons (Fsp3) is 0.381. The van der Waals surface area contributed by atoms with Gasteiger partial charge in [0.1, 0.15) is 12.4 Å². The molecular weight excluding hydrogens is 367 g/mol. The first-order chi connectivity index (χ1) is 12.6. The number of ether oxygens (including phenoxy) is 1. The molecule has 0 saturated heterocycles. The maximum atomic E-state index is 13.4. The Morgan fingerprint density at radius 3 is 2.59 bits per heavy atom. The fourth-order valence-corrected chi connectivity index (χ4v) is 3.67. The van der Waals surface area contributed by atoms with Gasteiger partial charge in [-0.1, -0.05) is 36.4 Å². The van der Waals surface area contributed by atoms with Gasteiger partial charge in [0.15, 0.2) is 0 Å². The van der Waals surface area contributed by atoms with Crippen molar-refractivity contribution in [3.63, 3.8) is 0 Å². The Labute approximate surface area is 165 Å². The summed E-state index contributed by atoms with van der Waals surface area (Å²) in [6.45, 7) is 0.973. The van der Waals surface area contributed by atoms with E-state index in [1.165, 1.54) is 17.7 Å². The van der Waals surface area contributed by atoms with Gasteiger partial charge in [-0.3, -0.25) is 4.90 Å². The number of hydrogen-bond donors (Lipinski definition) is 1. The molecule has 1 heterocycles. The normalized spacial score (nSPS) is 19.6. The van der Waals surface area contributed by atoms with Crippen molar-refractivity contribution in [2.75, 3.05) is 20.2 Å². The third kappa shape index (κ3) is 3.94. The van der Waals surface area contributed by atoms with E-state index in [4.69, 9.17) is 4.74 Å². The van der Waals surface area contributed by atoms with Crippen LogP contribution in [0.15, 0.2) is 48.5 Å². The summed E-state index contributed by atoms with van der Waals surface area (Å²) < 4.78 is 19.0. The minimum Gasteiger partial charge on any atom is -0.447 e. The van der Waals surface area contributed by atoms with Gasteiger partial charge in [0.2, 0.25) is 0 Å². The van der Waals surface area contributed by atoms with Crippen LogP contribution in [0, 0.1) is 5.82 Å². The molecule has 4 nitrogen and oxygen atoms in total. The Morgan fingerprint density at radius 2 is 1.93 bits per heavy atom. The van der Waals surface area contributed by atoms with Crippen molar-refractivity contribution in [1.29, 1.82) is 0 Å². The van der Waals surface area contributed by atoms with Gasteiger partial charge in [-0.2, -0.15) is 0 Å². The molecule has 0 bridgehead atoms. The maximum absolute atomic E-state index is 13.4. The Balaban J connectivity index is 0.00000210. The molecule has 1 N–H and O–H groups in total. The van der Waals surface area contributed by atoms with Gasteiger partial charge in [-0.05, 0) is 55.1 Å². The third-order valence-corrected chi connectivity index (χ3v) is 5.56. The predicted octanol–water partition coefficient (Wildman–Crippen LogP) is 4.08. The molecule has 2 aromatic carbocycles. The van der Waals surface area contributed by atoms with E-state index in [9.17, 15) is 9.18 Å². The number of nitrogens with zero attached hydrogens (tertiary/aromatic N) is 1.